The number of hydrogen-bond acceptors (Lipinski definition) is 4. The molecule has 0 aliphatic carbocycles. The Labute approximate surface area is 155 Å². The highest BCUT2D eigenvalue weighted by Crippen LogP contribution is 2.29. The Morgan fingerprint density at radius 2 is 1.81 bits per heavy atom. The lowest BCUT2D eigenvalue weighted by atomic mass is 9.91. The maximum absolute atomic E-state index is 13.6. The first-order valence-corrected chi connectivity index (χ1v) is 8.41. The smallest absolute Gasteiger partial charge is 0.326 e. The summed E-state index contributed by atoms with van der Waals surface area (Å²) in [5.41, 5.74) is 0.602. The number of hydrogen-bond donors (Lipinski definition) is 1. The van der Waals surface area contributed by atoms with E-state index in [1.165, 1.54) is 18.2 Å². The molecule has 7 heteroatoms. The molecule has 0 spiro atoms. The molecular formula is C20H19FN2O4. The lowest BCUT2D eigenvalue weighted by Gasteiger charge is -2.22. The Balaban J connectivity index is 1.67. The summed E-state index contributed by atoms with van der Waals surface area (Å²) >= 11 is 0. The van der Waals surface area contributed by atoms with Crippen LogP contribution in [0.25, 0.3) is 0 Å². The highest BCUT2D eigenvalue weighted by molar-refractivity contribution is 6.08. The standard InChI is InChI=1S/C20H19FN2O4/c1-13-7-9-15(10-8-13)20(2)18(25)23(19(26)22-20)11-17(24)27-12-14-5-3-4-6-16(14)21/h3-10H,11-12H2,1-2H3,(H,22,26). The molecular weight excluding hydrogens is 351 g/mol. The van der Waals surface area contributed by atoms with E-state index >= 15 is 0 Å². The van der Waals surface area contributed by atoms with Crippen LogP contribution in [0.5, 0.6) is 0 Å². The van der Waals surface area contributed by atoms with E-state index in [-0.39, 0.29) is 12.2 Å². The quantitative estimate of drug-likeness (QED) is 0.649. The Hall–Kier alpha value is -3.22. The fourth-order valence-electron chi connectivity index (χ4n) is 2.87. The Morgan fingerprint density at radius 3 is 2.48 bits per heavy atom. The second-order valence-electron chi connectivity index (χ2n) is 6.56. The molecule has 1 aliphatic rings. The molecule has 3 rings (SSSR count). The summed E-state index contributed by atoms with van der Waals surface area (Å²) in [6.07, 6.45) is 0. The number of carbonyl (C=O) groups excluding carboxylic acids is 3. The Kier molecular flexibility index (Phi) is 4.94. The molecule has 2 aromatic carbocycles. The zero-order chi connectivity index (χ0) is 19.6. The van der Waals surface area contributed by atoms with Gasteiger partial charge in [0, 0.05) is 5.56 Å². The summed E-state index contributed by atoms with van der Waals surface area (Å²) < 4.78 is 18.6. The predicted octanol–water partition coefficient (Wildman–Crippen LogP) is 2.64. The number of esters is 1. The van der Waals surface area contributed by atoms with Crippen molar-refractivity contribution in [3.8, 4) is 0 Å². The van der Waals surface area contributed by atoms with Crippen LogP contribution < -0.4 is 5.32 Å². The van der Waals surface area contributed by atoms with Crippen LogP contribution >= 0.6 is 0 Å². The molecule has 1 aliphatic heterocycles. The van der Waals surface area contributed by atoms with Crippen LogP contribution in [0.4, 0.5) is 9.18 Å². The van der Waals surface area contributed by atoms with Crippen molar-refractivity contribution in [2.75, 3.05) is 6.54 Å². The molecule has 3 amide bonds. The molecule has 1 atom stereocenters. The van der Waals surface area contributed by atoms with Crippen LogP contribution in [-0.2, 0) is 26.5 Å². The first-order chi connectivity index (χ1) is 12.8. The summed E-state index contributed by atoms with van der Waals surface area (Å²) in [5.74, 6) is -1.83. The van der Waals surface area contributed by atoms with Crippen molar-refractivity contribution in [2.24, 2.45) is 0 Å². The second kappa shape index (κ2) is 7.19. The van der Waals surface area contributed by atoms with Crippen molar-refractivity contribution < 1.29 is 23.5 Å². The van der Waals surface area contributed by atoms with Gasteiger partial charge in [-0.15, -0.1) is 0 Å². The van der Waals surface area contributed by atoms with E-state index in [4.69, 9.17) is 4.74 Å². The van der Waals surface area contributed by atoms with Gasteiger partial charge in [-0.1, -0.05) is 48.0 Å². The monoisotopic (exact) mass is 370 g/mol. The summed E-state index contributed by atoms with van der Waals surface area (Å²) in [4.78, 5) is 37.8. The molecule has 0 bridgehead atoms. The van der Waals surface area contributed by atoms with Crippen molar-refractivity contribution in [3.63, 3.8) is 0 Å². The van der Waals surface area contributed by atoms with Gasteiger partial charge in [-0.3, -0.25) is 14.5 Å². The molecule has 0 saturated carbocycles. The number of nitrogens with zero attached hydrogens (tertiary/aromatic N) is 1. The van der Waals surface area contributed by atoms with Crippen LogP contribution in [0, 0.1) is 12.7 Å². The number of carbonyl (C=O) groups is 3. The maximum atomic E-state index is 13.6. The summed E-state index contributed by atoms with van der Waals surface area (Å²) in [6.45, 7) is 2.69. The van der Waals surface area contributed by atoms with Gasteiger partial charge in [0.25, 0.3) is 5.91 Å². The Morgan fingerprint density at radius 1 is 1.15 bits per heavy atom. The number of rotatable bonds is 5. The van der Waals surface area contributed by atoms with Crippen LogP contribution in [0.1, 0.15) is 23.6 Å². The van der Waals surface area contributed by atoms with Crippen LogP contribution in [0.15, 0.2) is 48.5 Å². The molecule has 1 fully saturated rings. The highest BCUT2D eigenvalue weighted by Gasteiger charge is 2.49. The van der Waals surface area contributed by atoms with E-state index in [2.05, 4.69) is 5.32 Å². The normalized spacial score (nSPS) is 19.1. The molecule has 1 saturated heterocycles. The molecule has 1 N–H and O–H groups in total. The second-order valence-corrected chi connectivity index (χ2v) is 6.56. The van der Waals surface area contributed by atoms with Crippen molar-refractivity contribution in [3.05, 3.63) is 71.0 Å². The first kappa shape index (κ1) is 18.6. The van der Waals surface area contributed by atoms with E-state index in [9.17, 15) is 18.8 Å². The number of nitrogens with one attached hydrogen (secondary N) is 1. The zero-order valence-electron chi connectivity index (χ0n) is 15.0. The number of halogens is 1. The fraction of sp³-hybridized carbons (Fsp3) is 0.250. The van der Waals surface area contributed by atoms with Gasteiger partial charge in [0.2, 0.25) is 0 Å². The van der Waals surface area contributed by atoms with Crippen LogP contribution in [-0.4, -0.2) is 29.4 Å². The minimum absolute atomic E-state index is 0.215. The molecule has 0 radical (unpaired) electrons. The van der Waals surface area contributed by atoms with Gasteiger partial charge in [0.15, 0.2) is 0 Å². The van der Waals surface area contributed by atoms with E-state index in [0.717, 1.165) is 10.5 Å². The largest absolute Gasteiger partial charge is 0.459 e. The van der Waals surface area contributed by atoms with Gasteiger partial charge >= 0.3 is 12.0 Å². The van der Waals surface area contributed by atoms with Crippen LogP contribution in [0.2, 0.25) is 0 Å². The third-order valence-electron chi connectivity index (χ3n) is 4.54. The van der Waals surface area contributed by atoms with Gasteiger partial charge in [-0.05, 0) is 25.5 Å². The number of aryl methyl sites for hydroxylation is 1. The fourth-order valence-corrected chi connectivity index (χ4v) is 2.87. The number of amides is 3. The molecule has 1 heterocycles. The van der Waals surface area contributed by atoms with Crippen molar-refractivity contribution in [1.29, 1.82) is 0 Å². The van der Waals surface area contributed by atoms with Gasteiger partial charge in [-0.2, -0.15) is 0 Å². The Bertz CT molecular complexity index is 897. The van der Waals surface area contributed by atoms with Crippen molar-refractivity contribution in [1.82, 2.24) is 10.2 Å². The SMILES string of the molecule is Cc1ccc(C2(C)NC(=O)N(CC(=O)OCc3ccccc3F)C2=O)cc1. The predicted molar refractivity (Wildman–Crippen MR) is 95.0 cm³/mol. The van der Waals surface area contributed by atoms with E-state index < -0.39 is 35.8 Å². The minimum atomic E-state index is -1.25. The van der Waals surface area contributed by atoms with Crippen molar-refractivity contribution >= 4 is 17.9 Å². The van der Waals surface area contributed by atoms with E-state index in [0.29, 0.717) is 5.56 Å². The van der Waals surface area contributed by atoms with Gasteiger partial charge in [0.05, 0.1) is 0 Å². The average Bonchev–Trinajstić information content (AvgIpc) is 2.85. The third-order valence-corrected chi connectivity index (χ3v) is 4.54. The number of urea groups is 1. The summed E-state index contributed by atoms with van der Waals surface area (Å²) in [7, 11) is 0. The maximum Gasteiger partial charge on any atom is 0.326 e. The lowest BCUT2D eigenvalue weighted by Crippen LogP contribution is -2.41. The molecule has 1 unspecified atom stereocenters. The molecule has 6 nitrogen and oxygen atoms in total. The first-order valence-electron chi connectivity index (χ1n) is 8.41. The molecule has 27 heavy (non-hydrogen) atoms. The van der Waals surface area contributed by atoms with Crippen molar-refractivity contribution in [2.45, 2.75) is 26.0 Å². The van der Waals surface area contributed by atoms with E-state index in [1.807, 2.05) is 19.1 Å². The van der Waals surface area contributed by atoms with Gasteiger partial charge in [-0.25, -0.2) is 9.18 Å². The topological polar surface area (TPSA) is 75.7 Å². The average molecular weight is 370 g/mol. The third kappa shape index (κ3) is 3.67. The van der Waals surface area contributed by atoms with E-state index in [1.54, 1.807) is 25.1 Å². The molecule has 2 aromatic rings. The summed E-state index contributed by atoms with van der Waals surface area (Å²) in [5, 5.41) is 2.62. The van der Waals surface area contributed by atoms with Crippen LogP contribution in [0.3, 0.4) is 0 Å². The van der Waals surface area contributed by atoms with Gasteiger partial charge < -0.3 is 10.1 Å². The lowest BCUT2D eigenvalue weighted by molar-refractivity contribution is -0.148. The molecule has 0 aromatic heterocycles. The van der Waals surface area contributed by atoms with Gasteiger partial charge in [0.1, 0.15) is 24.5 Å². The number of benzene rings is 2. The molecule has 140 valence electrons. The highest BCUT2D eigenvalue weighted by atomic mass is 19.1. The zero-order valence-corrected chi connectivity index (χ0v) is 15.0. The minimum Gasteiger partial charge on any atom is -0.459 e. The number of ether oxygens (including phenoxy) is 1. The number of imide groups is 1. The summed E-state index contributed by atoms with van der Waals surface area (Å²) in [6, 6.07) is 12.4.